The summed E-state index contributed by atoms with van der Waals surface area (Å²) in [6, 6.07) is 0. The van der Waals surface area contributed by atoms with Gasteiger partial charge in [-0.2, -0.15) is 0 Å². The second kappa shape index (κ2) is 19.7. The Morgan fingerprint density at radius 2 is 1.14 bits per heavy atom. The molecule has 0 aliphatic rings. The number of carbonyl (C=O) groups is 3. The van der Waals surface area contributed by atoms with Crippen LogP contribution in [-0.4, -0.2) is 41.0 Å². The van der Waals surface area contributed by atoms with Crippen LogP contribution >= 0.6 is 0 Å². The number of rotatable bonds is 19. The first-order chi connectivity index (χ1) is 14.0. The Bertz CT molecular complexity index is 441. The number of imide groups is 1. The predicted molar refractivity (Wildman–Crippen MR) is 118 cm³/mol. The van der Waals surface area contributed by atoms with Gasteiger partial charge in [0.2, 0.25) is 11.8 Å². The molecular formula is C23H44N2O4. The standard InChI is InChI=1S/C23H44N2O4/c1-3-4-5-6-7-8-9-10-11-12-13-14-15-16-17-18-22(27)25(23(28)29)20-19-24-21(2)26/h3-20H2,1-2H3,(H,24,26)(H,28,29). The van der Waals surface area contributed by atoms with Gasteiger partial charge >= 0.3 is 6.09 Å². The number of hydrogen-bond donors (Lipinski definition) is 2. The minimum atomic E-state index is -1.25. The smallest absolute Gasteiger partial charge is 0.414 e. The van der Waals surface area contributed by atoms with E-state index in [2.05, 4.69) is 12.2 Å². The van der Waals surface area contributed by atoms with E-state index in [0.717, 1.165) is 24.2 Å². The van der Waals surface area contributed by atoms with Crippen LogP contribution in [0, 0.1) is 0 Å². The number of nitrogens with zero attached hydrogens (tertiary/aromatic N) is 1. The van der Waals surface area contributed by atoms with Gasteiger partial charge in [0.15, 0.2) is 0 Å². The fourth-order valence-electron chi connectivity index (χ4n) is 3.45. The first kappa shape index (κ1) is 27.4. The van der Waals surface area contributed by atoms with Gasteiger partial charge in [-0.15, -0.1) is 0 Å². The van der Waals surface area contributed by atoms with Crippen molar-refractivity contribution in [3.05, 3.63) is 0 Å². The zero-order valence-corrected chi connectivity index (χ0v) is 18.8. The van der Waals surface area contributed by atoms with Crippen molar-refractivity contribution in [3.63, 3.8) is 0 Å². The third-order valence-electron chi connectivity index (χ3n) is 5.24. The molecule has 0 aromatic heterocycles. The molecule has 0 unspecified atom stereocenters. The molecule has 0 saturated heterocycles. The molecule has 6 nitrogen and oxygen atoms in total. The Morgan fingerprint density at radius 1 is 0.724 bits per heavy atom. The fourth-order valence-corrected chi connectivity index (χ4v) is 3.45. The summed E-state index contributed by atoms with van der Waals surface area (Å²) in [5, 5.41) is 11.6. The van der Waals surface area contributed by atoms with Crippen molar-refractivity contribution >= 4 is 17.9 Å². The number of carbonyl (C=O) groups excluding carboxylic acids is 2. The van der Waals surface area contributed by atoms with Gasteiger partial charge in [-0.25, -0.2) is 9.69 Å². The van der Waals surface area contributed by atoms with E-state index in [4.69, 9.17) is 5.11 Å². The lowest BCUT2D eigenvalue weighted by Crippen LogP contribution is -2.41. The molecule has 2 N–H and O–H groups in total. The molecule has 0 heterocycles. The summed E-state index contributed by atoms with van der Waals surface area (Å²) in [5.74, 6) is -0.609. The summed E-state index contributed by atoms with van der Waals surface area (Å²) in [6.45, 7) is 3.78. The lowest BCUT2D eigenvalue weighted by atomic mass is 10.0. The van der Waals surface area contributed by atoms with Crippen molar-refractivity contribution in [1.29, 1.82) is 0 Å². The van der Waals surface area contributed by atoms with E-state index in [0.29, 0.717) is 0 Å². The van der Waals surface area contributed by atoms with Crippen molar-refractivity contribution in [2.45, 2.75) is 117 Å². The Morgan fingerprint density at radius 3 is 1.52 bits per heavy atom. The number of nitrogens with one attached hydrogen (secondary N) is 1. The van der Waals surface area contributed by atoms with Crippen LogP contribution in [-0.2, 0) is 9.59 Å². The molecular weight excluding hydrogens is 368 g/mol. The molecule has 0 atom stereocenters. The van der Waals surface area contributed by atoms with Crippen LogP contribution in [0.3, 0.4) is 0 Å². The molecule has 29 heavy (non-hydrogen) atoms. The molecule has 170 valence electrons. The Balaban J connectivity index is 3.50. The van der Waals surface area contributed by atoms with Crippen molar-refractivity contribution < 1.29 is 19.5 Å². The van der Waals surface area contributed by atoms with E-state index in [-0.39, 0.29) is 31.3 Å². The second-order valence-corrected chi connectivity index (χ2v) is 8.01. The molecule has 0 bridgehead atoms. The van der Waals surface area contributed by atoms with Gasteiger partial charge in [-0.3, -0.25) is 9.59 Å². The summed E-state index contributed by atoms with van der Waals surface area (Å²) < 4.78 is 0. The van der Waals surface area contributed by atoms with E-state index in [1.165, 1.54) is 84.0 Å². The SMILES string of the molecule is CCCCCCCCCCCCCCCCCC(=O)N(CCNC(C)=O)C(=O)O. The maximum atomic E-state index is 12.0. The van der Waals surface area contributed by atoms with Gasteiger partial charge in [0.05, 0.1) is 0 Å². The fraction of sp³-hybridized carbons (Fsp3) is 0.870. The minimum Gasteiger partial charge on any atom is -0.465 e. The highest BCUT2D eigenvalue weighted by Crippen LogP contribution is 2.14. The highest BCUT2D eigenvalue weighted by Gasteiger charge is 2.19. The molecule has 0 aliphatic heterocycles. The molecule has 3 amide bonds. The Hall–Kier alpha value is -1.59. The van der Waals surface area contributed by atoms with Crippen LogP contribution in [0.15, 0.2) is 0 Å². The first-order valence-corrected chi connectivity index (χ1v) is 11.8. The normalized spacial score (nSPS) is 10.7. The van der Waals surface area contributed by atoms with Crippen molar-refractivity contribution in [1.82, 2.24) is 10.2 Å². The quantitative estimate of drug-likeness (QED) is 0.259. The summed E-state index contributed by atoms with van der Waals surface area (Å²) in [4.78, 5) is 34.8. The van der Waals surface area contributed by atoms with Gasteiger partial charge in [0, 0.05) is 26.4 Å². The summed E-state index contributed by atoms with van der Waals surface area (Å²) >= 11 is 0. The molecule has 0 aromatic rings. The number of unbranched alkanes of at least 4 members (excludes halogenated alkanes) is 14. The second-order valence-electron chi connectivity index (χ2n) is 8.01. The van der Waals surface area contributed by atoms with E-state index in [1.54, 1.807) is 0 Å². The molecule has 0 saturated carbocycles. The predicted octanol–water partition coefficient (Wildman–Crippen LogP) is 5.89. The molecule has 6 heteroatoms. The van der Waals surface area contributed by atoms with Crippen molar-refractivity contribution in [3.8, 4) is 0 Å². The number of amides is 3. The summed E-state index contributed by atoms with van der Waals surface area (Å²) in [6.07, 6.45) is 17.9. The highest BCUT2D eigenvalue weighted by atomic mass is 16.4. The number of carboxylic acid groups (broad SMARTS) is 1. The third-order valence-corrected chi connectivity index (χ3v) is 5.24. The van der Waals surface area contributed by atoms with E-state index in [9.17, 15) is 14.4 Å². The van der Waals surface area contributed by atoms with E-state index < -0.39 is 6.09 Å². The Kier molecular flexibility index (Phi) is 18.6. The summed E-state index contributed by atoms with van der Waals surface area (Å²) in [7, 11) is 0. The maximum absolute atomic E-state index is 12.0. The third kappa shape index (κ3) is 18.2. The molecule has 0 radical (unpaired) electrons. The van der Waals surface area contributed by atoms with Gasteiger partial charge < -0.3 is 10.4 Å². The van der Waals surface area contributed by atoms with Gasteiger partial charge in [-0.1, -0.05) is 96.8 Å². The van der Waals surface area contributed by atoms with Gasteiger partial charge in [-0.05, 0) is 6.42 Å². The van der Waals surface area contributed by atoms with Crippen molar-refractivity contribution in [2.75, 3.05) is 13.1 Å². The summed E-state index contributed by atoms with van der Waals surface area (Å²) in [5.41, 5.74) is 0. The largest absolute Gasteiger partial charge is 0.465 e. The van der Waals surface area contributed by atoms with Crippen LogP contribution in [0.5, 0.6) is 0 Å². The molecule has 0 aromatic carbocycles. The Labute approximate surface area is 177 Å². The van der Waals surface area contributed by atoms with Crippen molar-refractivity contribution in [2.24, 2.45) is 0 Å². The average Bonchev–Trinajstić information content (AvgIpc) is 2.67. The lowest BCUT2D eigenvalue weighted by Gasteiger charge is -2.17. The van der Waals surface area contributed by atoms with Crippen LogP contribution in [0.2, 0.25) is 0 Å². The van der Waals surface area contributed by atoms with E-state index >= 15 is 0 Å². The number of hydrogen-bond acceptors (Lipinski definition) is 3. The molecule has 0 aliphatic carbocycles. The molecule has 0 rings (SSSR count). The first-order valence-electron chi connectivity index (χ1n) is 11.8. The average molecular weight is 413 g/mol. The van der Waals surface area contributed by atoms with E-state index in [1.807, 2.05) is 0 Å². The van der Waals surface area contributed by atoms with Crippen LogP contribution in [0.1, 0.15) is 117 Å². The maximum Gasteiger partial charge on any atom is 0.414 e. The topological polar surface area (TPSA) is 86.7 Å². The zero-order chi connectivity index (χ0) is 21.7. The zero-order valence-electron chi connectivity index (χ0n) is 18.8. The lowest BCUT2D eigenvalue weighted by molar-refractivity contribution is -0.129. The molecule has 0 spiro atoms. The van der Waals surface area contributed by atoms with Gasteiger partial charge in [0.1, 0.15) is 0 Å². The van der Waals surface area contributed by atoms with Crippen LogP contribution in [0.25, 0.3) is 0 Å². The monoisotopic (exact) mass is 412 g/mol. The van der Waals surface area contributed by atoms with Gasteiger partial charge in [0.25, 0.3) is 0 Å². The minimum absolute atomic E-state index is 0.00644. The van der Waals surface area contributed by atoms with Crippen LogP contribution < -0.4 is 5.32 Å². The molecule has 0 fully saturated rings. The van der Waals surface area contributed by atoms with Crippen LogP contribution in [0.4, 0.5) is 4.79 Å². The highest BCUT2D eigenvalue weighted by molar-refractivity contribution is 5.91.